The monoisotopic (exact) mass is 796 g/mol. The molecule has 1 heterocycles. The molecule has 0 saturated heterocycles. The third-order valence-electron chi connectivity index (χ3n) is 8.20. The maximum atomic E-state index is 5.16. The van der Waals surface area contributed by atoms with Crippen LogP contribution in [0.25, 0.3) is 55.5 Å². The average molecular weight is 796 g/mol. The Morgan fingerprint density at radius 2 is 1.36 bits per heavy atom. The predicted octanol–water partition coefficient (Wildman–Crippen LogP) is 11.2. The van der Waals surface area contributed by atoms with Crippen LogP contribution in [0.1, 0.15) is 38.8 Å². The summed E-state index contributed by atoms with van der Waals surface area (Å²) < 4.78 is 0. The van der Waals surface area contributed by atoms with E-state index in [1.807, 2.05) is 13.8 Å². The number of hydrogen-bond donors (Lipinski definition) is 0. The van der Waals surface area contributed by atoms with Gasteiger partial charge in [-0.1, -0.05) is 147 Å². The van der Waals surface area contributed by atoms with Gasteiger partial charge in [0.05, 0.1) is 5.52 Å². The zero-order valence-electron chi connectivity index (χ0n) is 25.7. The van der Waals surface area contributed by atoms with E-state index < -0.39 is 0 Å². The summed E-state index contributed by atoms with van der Waals surface area (Å²) in [6.45, 7) is 8.34. The number of aromatic nitrogens is 1. The second kappa shape index (κ2) is 13.7. The van der Waals surface area contributed by atoms with Crippen LogP contribution >= 0.6 is 12.2 Å². The van der Waals surface area contributed by atoms with Gasteiger partial charge in [0.1, 0.15) is 0 Å². The molecule has 1 aromatic heterocycles. The first-order valence-electron chi connectivity index (χ1n) is 14.8. The van der Waals surface area contributed by atoms with Gasteiger partial charge in [-0.25, -0.2) is 4.91 Å². The van der Waals surface area contributed by atoms with Crippen LogP contribution in [0.5, 0.6) is 0 Å². The quantitative estimate of drug-likeness (QED) is 0.0763. The predicted molar refractivity (Wildman–Crippen MR) is 194 cm³/mol. The molecule has 5 aromatic carbocycles. The van der Waals surface area contributed by atoms with E-state index in [1.54, 1.807) is 6.08 Å². The van der Waals surface area contributed by atoms with E-state index in [0.717, 1.165) is 31.9 Å². The van der Waals surface area contributed by atoms with Crippen molar-refractivity contribution in [3.8, 4) is 44.6 Å². The smallest absolute Gasteiger partial charge is 0.0602 e. The number of allylic oxidation sites excluding steroid dienone is 2. The molecule has 1 aliphatic carbocycles. The molecule has 225 valence electrons. The van der Waals surface area contributed by atoms with Gasteiger partial charge >= 0.3 is 0 Å². The number of fused-ring (bicyclic) bond motifs is 4. The molecule has 0 aliphatic heterocycles. The van der Waals surface area contributed by atoms with Crippen LogP contribution in [-0.4, -0.2) is 9.85 Å². The second-order valence-corrected chi connectivity index (χ2v) is 13.0. The van der Waals surface area contributed by atoms with Crippen LogP contribution in [-0.2, 0) is 38.1 Å². The van der Waals surface area contributed by atoms with Gasteiger partial charge < -0.3 is 12.6 Å². The molecule has 0 fully saturated rings. The number of pyridine rings is 1. The summed E-state index contributed by atoms with van der Waals surface area (Å²) in [5, 5.41) is 1.16. The summed E-state index contributed by atoms with van der Waals surface area (Å²) >= 11 is 9.46. The van der Waals surface area contributed by atoms with E-state index in [0.29, 0.717) is 0 Å². The second-order valence-electron chi connectivity index (χ2n) is 11.7. The van der Waals surface area contributed by atoms with Crippen molar-refractivity contribution in [1.82, 2.24) is 4.98 Å². The molecular formula is C41H33IrNS2-2. The van der Waals surface area contributed by atoms with E-state index in [-0.39, 0.29) is 25.5 Å². The Hall–Kier alpha value is -3.79. The Morgan fingerprint density at radius 3 is 2.00 bits per heavy atom. The van der Waals surface area contributed by atoms with Gasteiger partial charge in [-0.3, -0.25) is 4.98 Å². The Morgan fingerprint density at radius 1 is 0.711 bits per heavy atom. The topological polar surface area (TPSA) is 12.9 Å². The van der Waals surface area contributed by atoms with Crippen LogP contribution in [0, 0.1) is 6.07 Å². The Kier molecular flexibility index (Phi) is 9.91. The van der Waals surface area contributed by atoms with Crippen LogP contribution < -0.4 is 0 Å². The molecule has 7 rings (SSSR count). The van der Waals surface area contributed by atoms with Crippen LogP contribution in [0.3, 0.4) is 0 Å². The minimum Gasteiger partial charge on any atom is -0.784 e. The Labute approximate surface area is 291 Å². The number of nitrogens with zero attached hydrogens (tertiary/aromatic N) is 1. The molecule has 0 saturated carbocycles. The number of hydrogen-bond acceptors (Lipinski definition) is 3. The standard InChI is InChI=1S/C36H26N.C5H8S2.Ir/c1-36(2)32-16-10-9-15-28(32)29-19-17-27(22-33(29)36)35-23-30(25-13-7-4-8-14-25)31-21-26(18-20-34(31)37-35)24-11-5-3-6-12-24;1-4(6)3-5(2)7;/h3-16,18-23H,1-2H3;3,6H,1-2H3;/q-1;;/p-1/b;4-3-;. The zero-order valence-corrected chi connectivity index (χ0v) is 29.7. The van der Waals surface area contributed by atoms with Crippen molar-refractivity contribution in [3.63, 3.8) is 0 Å². The van der Waals surface area contributed by atoms with Gasteiger partial charge in [-0.2, -0.15) is 0 Å². The van der Waals surface area contributed by atoms with Crippen molar-refractivity contribution in [1.29, 1.82) is 0 Å². The molecule has 45 heavy (non-hydrogen) atoms. The van der Waals surface area contributed by atoms with Crippen molar-refractivity contribution in [2.75, 3.05) is 0 Å². The van der Waals surface area contributed by atoms with Gasteiger partial charge in [0, 0.05) is 30.4 Å². The number of benzene rings is 5. The fourth-order valence-corrected chi connectivity index (χ4v) is 6.53. The Bertz CT molecular complexity index is 2020. The number of rotatable bonds is 4. The van der Waals surface area contributed by atoms with Crippen molar-refractivity contribution >= 4 is 40.6 Å². The number of thiocarbonyl (C=S) groups is 1. The molecule has 0 bridgehead atoms. The van der Waals surface area contributed by atoms with E-state index in [4.69, 9.17) is 29.8 Å². The van der Waals surface area contributed by atoms with Gasteiger partial charge in [-0.15, -0.1) is 29.3 Å². The molecule has 0 amide bonds. The van der Waals surface area contributed by atoms with Gasteiger partial charge in [0.25, 0.3) is 0 Å². The van der Waals surface area contributed by atoms with Crippen molar-refractivity contribution in [2.24, 2.45) is 0 Å². The fourth-order valence-electron chi connectivity index (χ4n) is 6.10. The van der Waals surface area contributed by atoms with E-state index in [2.05, 4.69) is 141 Å². The van der Waals surface area contributed by atoms with Crippen molar-refractivity contribution < 1.29 is 20.1 Å². The maximum absolute atomic E-state index is 5.16. The summed E-state index contributed by atoms with van der Waals surface area (Å²) in [5.74, 6) is 0. The molecule has 0 spiro atoms. The summed E-state index contributed by atoms with van der Waals surface area (Å²) in [6.07, 6.45) is 1.80. The molecule has 1 aliphatic rings. The zero-order chi connectivity index (χ0) is 30.8. The van der Waals surface area contributed by atoms with Crippen molar-refractivity contribution in [2.45, 2.75) is 33.1 Å². The molecule has 0 unspecified atom stereocenters. The maximum Gasteiger partial charge on any atom is 0.0602 e. The van der Waals surface area contributed by atoms with Gasteiger partial charge in [0.2, 0.25) is 0 Å². The first-order valence-corrected chi connectivity index (χ1v) is 15.6. The van der Waals surface area contributed by atoms with E-state index >= 15 is 0 Å². The van der Waals surface area contributed by atoms with Crippen LogP contribution in [0.4, 0.5) is 0 Å². The summed E-state index contributed by atoms with van der Waals surface area (Å²) in [4.78, 5) is 6.87. The minimum absolute atomic E-state index is 0. The first kappa shape index (κ1) is 32.6. The van der Waals surface area contributed by atoms with Gasteiger partial charge in [-0.05, 0) is 58.0 Å². The molecule has 6 aromatic rings. The molecule has 4 heteroatoms. The summed E-state index contributed by atoms with van der Waals surface area (Å²) in [5.41, 5.74) is 13.0. The van der Waals surface area contributed by atoms with Gasteiger partial charge in [0.15, 0.2) is 0 Å². The molecular weight excluding hydrogens is 763 g/mol. The minimum atomic E-state index is -0.0561. The molecule has 1 nitrogen and oxygen atoms in total. The largest absolute Gasteiger partial charge is 0.784 e. The summed E-state index contributed by atoms with van der Waals surface area (Å²) in [6, 6.07) is 46.8. The average Bonchev–Trinajstić information content (AvgIpc) is 3.26. The van der Waals surface area contributed by atoms with E-state index in [9.17, 15) is 0 Å². The van der Waals surface area contributed by atoms with Crippen LogP contribution in [0.2, 0.25) is 0 Å². The van der Waals surface area contributed by atoms with E-state index in [1.165, 1.54) is 44.5 Å². The third-order valence-corrected chi connectivity index (χ3v) is 8.43. The van der Waals surface area contributed by atoms with Crippen LogP contribution in [0.15, 0.2) is 132 Å². The fraction of sp³-hybridized carbons (Fsp3) is 0.122. The summed E-state index contributed by atoms with van der Waals surface area (Å²) in [7, 11) is 0. The molecule has 0 atom stereocenters. The van der Waals surface area contributed by atoms with Crippen molar-refractivity contribution in [3.05, 3.63) is 150 Å². The third kappa shape index (κ3) is 6.76. The molecule has 0 N–H and O–H groups in total. The SMILES string of the molecule is CC(=S)/C=C(/C)[S-].CC1(C)c2ccccc2-c2c[c-]c(-c3cc(-c4ccccc4)c4cc(-c5ccccc5)ccc4n3)cc21.[Ir]. The normalized spacial score (nSPS) is 12.8. The Balaban J connectivity index is 0.000000452. The first-order chi connectivity index (χ1) is 21.2. The molecule has 1 radical (unpaired) electrons.